The van der Waals surface area contributed by atoms with Crippen LogP contribution in [0.4, 0.5) is 0 Å². The zero-order valence-corrected chi connectivity index (χ0v) is 17.9. The van der Waals surface area contributed by atoms with Gasteiger partial charge in [-0.2, -0.15) is 0 Å². The molecule has 0 fully saturated rings. The average Bonchev–Trinajstić information content (AvgIpc) is 2.57. The van der Waals surface area contributed by atoms with Crippen molar-refractivity contribution in [3.63, 3.8) is 0 Å². The third-order valence-corrected chi connectivity index (χ3v) is 5.85. The first-order chi connectivity index (χ1) is 11.9. The fourth-order valence-corrected chi connectivity index (χ4v) is 3.42. The van der Waals surface area contributed by atoms with E-state index in [1.165, 1.54) is 77.0 Å². The van der Waals surface area contributed by atoms with Gasteiger partial charge in [0.25, 0.3) is 0 Å². The van der Waals surface area contributed by atoms with E-state index in [2.05, 4.69) is 6.92 Å². The summed E-state index contributed by atoms with van der Waals surface area (Å²) in [6.45, 7) is 3.83. The highest BCUT2D eigenvalue weighted by Gasteiger charge is 2.38. The Labute approximate surface area is 165 Å². The highest BCUT2D eigenvalue weighted by Crippen LogP contribution is 2.27. The molecule has 1 atom stereocenters. The second-order valence-corrected chi connectivity index (χ2v) is 8.36. The Morgan fingerprint density at radius 1 is 0.760 bits per heavy atom. The standard InChI is InChI=1S/C20H39Cl2NO2/c1-3-4-5-6-7-8-9-10-11-12-13-14-15-16-17-18-20(2,19(24)25)23(21)22/h3-18H2,1-2H3,(H,24,25). The van der Waals surface area contributed by atoms with E-state index in [9.17, 15) is 9.90 Å². The number of hydrogen-bond donors (Lipinski definition) is 1. The van der Waals surface area contributed by atoms with Gasteiger partial charge >= 0.3 is 5.97 Å². The van der Waals surface area contributed by atoms with Crippen molar-refractivity contribution in [3.8, 4) is 0 Å². The zero-order valence-electron chi connectivity index (χ0n) is 16.4. The predicted molar refractivity (Wildman–Crippen MR) is 109 cm³/mol. The van der Waals surface area contributed by atoms with E-state index in [0.717, 1.165) is 23.2 Å². The predicted octanol–water partition coefficient (Wildman–Crippen LogP) is 7.70. The van der Waals surface area contributed by atoms with Gasteiger partial charge in [0, 0.05) is 0 Å². The summed E-state index contributed by atoms with van der Waals surface area (Å²) >= 11 is 11.3. The molecule has 0 saturated carbocycles. The Balaban J connectivity index is 3.35. The summed E-state index contributed by atoms with van der Waals surface area (Å²) in [7, 11) is 0. The Kier molecular flexibility index (Phi) is 16.2. The minimum Gasteiger partial charge on any atom is -0.480 e. The van der Waals surface area contributed by atoms with E-state index in [1.807, 2.05) is 0 Å². The van der Waals surface area contributed by atoms with Crippen molar-refractivity contribution in [1.29, 1.82) is 0 Å². The third-order valence-electron chi connectivity index (χ3n) is 5.10. The fraction of sp³-hybridized carbons (Fsp3) is 0.950. The number of carboxylic acids is 1. The molecule has 1 N–H and O–H groups in total. The van der Waals surface area contributed by atoms with Crippen molar-refractivity contribution in [3.05, 3.63) is 0 Å². The third kappa shape index (κ3) is 12.9. The number of rotatable bonds is 18. The van der Waals surface area contributed by atoms with Gasteiger partial charge in [-0.05, 0) is 36.9 Å². The Morgan fingerprint density at radius 3 is 1.36 bits per heavy atom. The summed E-state index contributed by atoms with van der Waals surface area (Å²) in [5.74, 6) is -0.970. The monoisotopic (exact) mass is 395 g/mol. The van der Waals surface area contributed by atoms with Crippen LogP contribution in [-0.4, -0.2) is 20.6 Å². The van der Waals surface area contributed by atoms with Crippen molar-refractivity contribution >= 4 is 29.5 Å². The number of aliphatic carboxylic acids is 1. The zero-order chi connectivity index (χ0) is 19.0. The molecule has 150 valence electrons. The molecule has 0 aromatic carbocycles. The Morgan fingerprint density at radius 2 is 1.08 bits per heavy atom. The first-order valence-corrected chi connectivity index (χ1v) is 11.0. The molecule has 0 radical (unpaired) electrons. The molecule has 0 aliphatic rings. The lowest BCUT2D eigenvalue weighted by Gasteiger charge is -2.27. The van der Waals surface area contributed by atoms with Gasteiger partial charge in [0.1, 0.15) is 5.54 Å². The van der Waals surface area contributed by atoms with E-state index in [4.69, 9.17) is 23.6 Å². The quantitative estimate of drug-likeness (QED) is 0.191. The molecule has 0 spiro atoms. The van der Waals surface area contributed by atoms with E-state index in [0.29, 0.717) is 6.42 Å². The molecule has 25 heavy (non-hydrogen) atoms. The van der Waals surface area contributed by atoms with E-state index < -0.39 is 11.5 Å². The maximum absolute atomic E-state index is 11.2. The fourth-order valence-electron chi connectivity index (χ4n) is 3.10. The molecular formula is C20H39Cl2NO2. The van der Waals surface area contributed by atoms with Gasteiger partial charge in [0.05, 0.1) is 0 Å². The number of carbonyl (C=O) groups is 1. The first-order valence-electron chi connectivity index (χ1n) is 10.3. The average molecular weight is 396 g/mol. The van der Waals surface area contributed by atoms with Crippen LogP contribution in [0.5, 0.6) is 0 Å². The van der Waals surface area contributed by atoms with E-state index in [-0.39, 0.29) is 0 Å². The lowest BCUT2D eigenvalue weighted by Crippen LogP contribution is -2.43. The summed E-state index contributed by atoms with van der Waals surface area (Å²) in [5.41, 5.74) is -1.18. The molecule has 0 aromatic heterocycles. The minimum absolute atomic E-state index is 0.480. The molecule has 0 aliphatic carbocycles. The number of unbranched alkanes of at least 4 members (excludes halogenated alkanes) is 14. The molecule has 0 bridgehead atoms. The van der Waals surface area contributed by atoms with Crippen LogP contribution in [0.15, 0.2) is 0 Å². The van der Waals surface area contributed by atoms with Gasteiger partial charge in [-0.3, -0.25) is 4.79 Å². The van der Waals surface area contributed by atoms with Gasteiger partial charge in [-0.1, -0.05) is 103 Å². The summed E-state index contributed by atoms with van der Waals surface area (Å²) < 4.78 is 0.777. The Hall–Kier alpha value is 0.01000. The molecule has 0 rings (SSSR count). The number of halogens is 2. The molecule has 0 saturated heterocycles. The molecule has 0 aliphatic heterocycles. The van der Waals surface area contributed by atoms with Gasteiger partial charge in [-0.25, -0.2) is 0 Å². The van der Waals surface area contributed by atoms with Crippen LogP contribution in [0.25, 0.3) is 0 Å². The molecule has 1 unspecified atom stereocenters. The van der Waals surface area contributed by atoms with Crippen molar-refractivity contribution in [2.45, 2.75) is 122 Å². The SMILES string of the molecule is CCCCCCCCCCCCCCCCCC(C)(C(=O)O)N(Cl)Cl. The van der Waals surface area contributed by atoms with E-state index >= 15 is 0 Å². The van der Waals surface area contributed by atoms with Crippen LogP contribution in [-0.2, 0) is 4.79 Å². The van der Waals surface area contributed by atoms with Crippen molar-refractivity contribution in [2.24, 2.45) is 0 Å². The summed E-state index contributed by atoms with van der Waals surface area (Å²) in [6, 6.07) is 0. The van der Waals surface area contributed by atoms with Crippen LogP contribution in [0.1, 0.15) is 117 Å². The van der Waals surface area contributed by atoms with Gasteiger partial charge < -0.3 is 5.11 Å². The molecule has 5 heteroatoms. The van der Waals surface area contributed by atoms with Gasteiger partial charge in [-0.15, -0.1) is 3.94 Å². The highest BCUT2D eigenvalue weighted by atomic mass is 35.5. The Bertz CT molecular complexity index is 327. The van der Waals surface area contributed by atoms with Gasteiger partial charge in [0.15, 0.2) is 0 Å². The summed E-state index contributed by atoms with van der Waals surface area (Å²) in [6.07, 6.45) is 19.9. The van der Waals surface area contributed by atoms with Crippen LogP contribution < -0.4 is 0 Å². The van der Waals surface area contributed by atoms with Crippen LogP contribution in [0, 0.1) is 0 Å². The highest BCUT2D eigenvalue weighted by molar-refractivity contribution is 6.35. The molecule has 3 nitrogen and oxygen atoms in total. The second kappa shape index (κ2) is 16.2. The van der Waals surface area contributed by atoms with Crippen molar-refractivity contribution in [2.75, 3.05) is 0 Å². The van der Waals surface area contributed by atoms with Crippen molar-refractivity contribution in [1.82, 2.24) is 3.94 Å². The normalized spacial score (nSPS) is 14.0. The minimum atomic E-state index is -1.18. The number of carboxylic acid groups (broad SMARTS) is 1. The van der Waals surface area contributed by atoms with Crippen molar-refractivity contribution < 1.29 is 9.90 Å². The maximum atomic E-state index is 11.2. The van der Waals surface area contributed by atoms with Gasteiger partial charge in [0.2, 0.25) is 0 Å². The molecule has 0 amide bonds. The smallest absolute Gasteiger partial charge is 0.326 e. The topological polar surface area (TPSA) is 40.5 Å². The van der Waals surface area contributed by atoms with Crippen LogP contribution in [0.3, 0.4) is 0 Å². The first kappa shape index (κ1) is 25.0. The summed E-state index contributed by atoms with van der Waals surface area (Å²) in [5, 5.41) is 9.21. The second-order valence-electron chi connectivity index (χ2n) is 7.51. The van der Waals surface area contributed by atoms with Crippen LogP contribution >= 0.6 is 23.6 Å². The lowest BCUT2D eigenvalue weighted by molar-refractivity contribution is -0.146. The van der Waals surface area contributed by atoms with E-state index in [1.54, 1.807) is 6.92 Å². The molecule has 0 aromatic rings. The largest absolute Gasteiger partial charge is 0.480 e. The lowest BCUT2D eigenvalue weighted by atomic mass is 9.95. The number of nitrogens with zero attached hydrogens (tertiary/aromatic N) is 1. The summed E-state index contributed by atoms with van der Waals surface area (Å²) in [4.78, 5) is 11.2. The molecular weight excluding hydrogens is 357 g/mol. The maximum Gasteiger partial charge on any atom is 0.326 e. The molecule has 0 heterocycles. The van der Waals surface area contributed by atoms with Crippen LogP contribution in [0.2, 0.25) is 0 Å². The number of hydrogen-bond acceptors (Lipinski definition) is 2.